The van der Waals surface area contributed by atoms with E-state index in [0.29, 0.717) is 12.1 Å². The minimum absolute atomic E-state index is 0.168. The topological polar surface area (TPSA) is 40.5 Å². The first-order valence-corrected chi connectivity index (χ1v) is 8.27. The number of fused-ring (bicyclic) bond motifs is 2. The lowest BCUT2D eigenvalue weighted by atomic mass is 9.75. The third-order valence-corrected chi connectivity index (χ3v) is 5.73. The molecule has 4 rings (SSSR count). The van der Waals surface area contributed by atoms with Crippen LogP contribution in [-0.2, 0) is 4.79 Å². The van der Waals surface area contributed by atoms with E-state index in [1.807, 2.05) is 18.2 Å². The first-order chi connectivity index (χ1) is 10.2. The number of aliphatic carboxylic acids is 1. The monoisotopic (exact) mass is 285 g/mol. The fourth-order valence-electron chi connectivity index (χ4n) is 4.58. The summed E-state index contributed by atoms with van der Waals surface area (Å²) in [5.74, 6) is 0.235. The van der Waals surface area contributed by atoms with Gasteiger partial charge in [0.05, 0.1) is 5.92 Å². The zero-order valence-electron chi connectivity index (χ0n) is 12.3. The van der Waals surface area contributed by atoms with Crippen molar-refractivity contribution >= 4 is 5.97 Å². The molecule has 0 spiro atoms. The van der Waals surface area contributed by atoms with Crippen LogP contribution in [0.25, 0.3) is 0 Å². The third-order valence-electron chi connectivity index (χ3n) is 5.73. The second kappa shape index (κ2) is 5.13. The number of carbonyl (C=O) groups is 1. The van der Waals surface area contributed by atoms with Gasteiger partial charge in [0.25, 0.3) is 0 Å². The van der Waals surface area contributed by atoms with E-state index >= 15 is 0 Å². The Bertz CT molecular complexity index is 525. The SMILES string of the molecule is O=C(O)[C@H]1C[C@@H]2CC[C@H]([C@H]1c1ccccc1)N2CC1CC1. The number of rotatable bonds is 4. The molecule has 0 aromatic heterocycles. The van der Waals surface area contributed by atoms with Crippen LogP contribution >= 0.6 is 0 Å². The molecule has 3 aliphatic rings. The van der Waals surface area contributed by atoms with Crippen LogP contribution in [-0.4, -0.2) is 34.6 Å². The number of hydrogen-bond acceptors (Lipinski definition) is 2. The van der Waals surface area contributed by atoms with Gasteiger partial charge in [-0.1, -0.05) is 30.3 Å². The van der Waals surface area contributed by atoms with Crippen LogP contribution in [0, 0.1) is 11.8 Å². The lowest BCUT2D eigenvalue weighted by Crippen LogP contribution is -2.50. The Morgan fingerprint density at radius 2 is 1.90 bits per heavy atom. The number of nitrogens with zero attached hydrogens (tertiary/aromatic N) is 1. The van der Waals surface area contributed by atoms with Gasteiger partial charge in [0, 0.05) is 24.5 Å². The van der Waals surface area contributed by atoms with Crippen molar-refractivity contribution in [3.8, 4) is 0 Å². The van der Waals surface area contributed by atoms with Crippen molar-refractivity contribution in [1.82, 2.24) is 4.90 Å². The van der Waals surface area contributed by atoms with Gasteiger partial charge in [-0.25, -0.2) is 0 Å². The predicted octanol–water partition coefficient (Wildman–Crippen LogP) is 3.12. The van der Waals surface area contributed by atoms with E-state index in [0.717, 1.165) is 12.3 Å². The van der Waals surface area contributed by atoms with Crippen molar-refractivity contribution < 1.29 is 9.90 Å². The zero-order valence-corrected chi connectivity index (χ0v) is 12.3. The van der Waals surface area contributed by atoms with E-state index in [-0.39, 0.29) is 11.8 Å². The van der Waals surface area contributed by atoms with Crippen LogP contribution in [0.1, 0.15) is 43.6 Å². The molecule has 0 amide bonds. The van der Waals surface area contributed by atoms with Crippen LogP contribution < -0.4 is 0 Å². The van der Waals surface area contributed by atoms with Gasteiger partial charge in [-0.2, -0.15) is 0 Å². The Kier molecular flexibility index (Phi) is 3.26. The predicted molar refractivity (Wildman–Crippen MR) is 81.2 cm³/mol. The molecule has 4 atom stereocenters. The molecule has 2 bridgehead atoms. The normalized spacial score (nSPS) is 35.8. The summed E-state index contributed by atoms with van der Waals surface area (Å²) in [5.41, 5.74) is 1.22. The van der Waals surface area contributed by atoms with Gasteiger partial charge in [0.15, 0.2) is 0 Å². The van der Waals surface area contributed by atoms with Gasteiger partial charge in [0.2, 0.25) is 0 Å². The number of benzene rings is 1. The summed E-state index contributed by atoms with van der Waals surface area (Å²) in [5, 5.41) is 9.70. The number of piperidine rings is 1. The fraction of sp³-hybridized carbons (Fsp3) is 0.611. The first kappa shape index (κ1) is 13.3. The fourth-order valence-corrected chi connectivity index (χ4v) is 4.58. The van der Waals surface area contributed by atoms with E-state index in [2.05, 4.69) is 17.0 Å². The maximum absolute atomic E-state index is 11.8. The highest BCUT2D eigenvalue weighted by molar-refractivity contribution is 5.72. The number of carboxylic acids is 1. The summed E-state index contributed by atoms with van der Waals surface area (Å²) in [6.45, 7) is 1.20. The Hall–Kier alpha value is -1.35. The van der Waals surface area contributed by atoms with Crippen molar-refractivity contribution in [3.05, 3.63) is 35.9 Å². The number of carboxylic acid groups (broad SMARTS) is 1. The molecular formula is C18H23NO2. The third kappa shape index (κ3) is 2.38. The van der Waals surface area contributed by atoms with Gasteiger partial charge < -0.3 is 5.11 Å². The summed E-state index contributed by atoms with van der Waals surface area (Å²) in [4.78, 5) is 14.4. The van der Waals surface area contributed by atoms with Crippen LogP contribution in [0.3, 0.4) is 0 Å². The standard InChI is InChI=1S/C18H23NO2/c20-18(21)15-10-14-8-9-16(19(14)11-12-6-7-12)17(15)13-4-2-1-3-5-13/h1-5,12,14-17H,6-11H2,(H,20,21)/t14-,15-,16+,17-/m0/s1. The molecule has 0 radical (unpaired) electrons. The highest BCUT2D eigenvalue weighted by Crippen LogP contribution is 2.48. The quantitative estimate of drug-likeness (QED) is 0.924. The van der Waals surface area contributed by atoms with E-state index in [4.69, 9.17) is 0 Å². The molecule has 2 saturated heterocycles. The average molecular weight is 285 g/mol. The van der Waals surface area contributed by atoms with Crippen molar-refractivity contribution in [2.24, 2.45) is 11.8 Å². The lowest BCUT2D eigenvalue weighted by Gasteiger charge is -2.43. The summed E-state index contributed by atoms with van der Waals surface area (Å²) < 4.78 is 0. The van der Waals surface area contributed by atoms with Gasteiger partial charge >= 0.3 is 5.97 Å². The largest absolute Gasteiger partial charge is 0.481 e. The molecule has 1 aromatic carbocycles. The Morgan fingerprint density at radius 3 is 2.57 bits per heavy atom. The maximum Gasteiger partial charge on any atom is 0.307 e. The minimum atomic E-state index is -0.605. The second-order valence-corrected chi connectivity index (χ2v) is 7.06. The van der Waals surface area contributed by atoms with Crippen LogP contribution in [0.5, 0.6) is 0 Å². The molecular weight excluding hydrogens is 262 g/mol. The maximum atomic E-state index is 11.8. The molecule has 3 fully saturated rings. The summed E-state index contributed by atoms with van der Waals surface area (Å²) in [7, 11) is 0. The smallest absolute Gasteiger partial charge is 0.307 e. The van der Waals surface area contributed by atoms with Gasteiger partial charge in [-0.05, 0) is 43.6 Å². The van der Waals surface area contributed by atoms with Crippen LogP contribution in [0.2, 0.25) is 0 Å². The summed E-state index contributed by atoms with van der Waals surface area (Å²) in [6.07, 6.45) is 5.92. The van der Waals surface area contributed by atoms with E-state index in [1.165, 1.54) is 37.8 Å². The molecule has 1 aliphatic carbocycles. The van der Waals surface area contributed by atoms with Crippen LogP contribution in [0.15, 0.2) is 30.3 Å². The molecule has 3 nitrogen and oxygen atoms in total. The van der Waals surface area contributed by atoms with Crippen molar-refractivity contribution in [2.45, 2.75) is 50.1 Å². The van der Waals surface area contributed by atoms with Gasteiger partial charge in [0.1, 0.15) is 0 Å². The van der Waals surface area contributed by atoms with E-state index < -0.39 is 5.97 Å². The number of hydrogen-bond donors (Lipinski definition) is 1. The van der Waals surface area contributed by atoms with Gasteiger partial charge in [-0.3, -0.25) is 9.69 Å². The molecule has 1 aromatic rings. The molecule has 2 aliphatic heterocycles. The molecule has 112 valence electrons. The van der Waals surface area contributed by atoms with Crippen molar-refractivity contribution in [2.75, 3.05) is 6.54 Å². The summed E-state index contributed by atoms with van der Waals surface area (Å²) in [6, 6.07) is 11.3. The Balaban J connectivity index is 1.66. The minimum Gasteiger partial charge on any atom is -0.481 e. The molecule has 1 saturated carbocycles. The van der Waals surface area contributed by atoms with Crippen LogP contribution in [0.4, 0.5) is 0 Å². The van der Waals surface area contributed by atoms with E-state index in [9.17, 15) is 9.90 Å². The highest BCUT2D eigenvalue weighted by atomic mass is 16.4. The molecule has 3 heteroatoms. The van der Waals surface area contributed by atoms with Crippen molar-refractivity contribution in [3.63, 3.8) is 0 Å². The average Bonchev–Trinajstić information content (AvgIpc) is 3.25. The molecule has 0 unspecified atom stereocenters. The zero-order chi connectivity index (χ0) is 14.4. The van der Waals surface area contributed by atoms with Gasteiger partial charge in [-0.15, -0.1) is 0 Å². The molecule has 21 heavy (non-hydrogen) atoms. The van der Waals surface area contributed by atoms with Crippen molar-refractivity contribution in [1.29, 1.82) is 0 Å². The second-order valence-electron chi connectivity index (χ2n) is 7.06. The first-order valence-electron chi connectivity index (χ1n) is 8.27. The Morgan fingerprint density at radius 1 is 1.14 bits per heavy atom. The molecule has 2 heterocycles. The molecule has 1 N–H and O–H groups in total. The highest BCUT2D eigenvalue weighted by Gasteiger charge is 2.50. The van der Waals surface area contributed by atoms with E-state index in [1.54, 1.807) is 0 Å². The summed E-state index contributed by atoms with van der Waals surface area (Å²) >= 11 is 0. The lowest BCUT2D eigenvalue weighted by molar-refractivity contribution is -0.145. The Labute approximate surface area is 126 Å².